The molecular weight excluding hydrogens is 535 g/mol. The number of aromatic nitrogens is 4. The topological polar surface area (TPSA) is 122 Å². The quantitative estimate of drug-likeness (QED) is 0.271. The van der Waals surface area contributed by atoms with Crippen LogP contribution in [0.2, 0.25) is 25.7 Å². The van der Waals surface area contributed by atoms with E-state index in [2.05, 4.69) is 34.7 Å². The lowest BCUT2D eigenvalue weighted by atomic mass is 10.1. The number of nitrogens with zero attached hydrogens (tertiary/aromatic N) is 5. The molecule has 3 aromatic rings. The van der Waals surface area contributed by atoms with E-state index in [9.17, 15) is 27.9 Å². The lowest BCUT2D eigenvalue weighted by Gasteiger charge is -2.29. The van der Waals surface area contributed by atoms with Crippen LogP contribution in [0, 0.1) is 0 Å². The first kappa shape index (κ1) is 28.2. The molecule has 2 aromatic heterocycles. The van der Waals surface area contributed by atoms with Crippen LogP contribution in [0.5, 0.6) is 5.88 Å². The van der Waals surface area contributed by atoms with Gasteiger partial charge in [-0.15, -0.1) is 0 Å². The maximum atomic E-state index is 14.3. The number of alkyl halides is 3. The summed E-state index contributed by atoms with van der Waals surface area (Å²) in [6, 6.07) is 8.39. The molecular formula is C25H27F3N5O5Si-. The number of rotatable bonds is 10. The van der Waals surface area contributed by atoms with Crippen molar-refractivity contribution < 1.29 is 32.5 Å². The molecule has 0 N–H and O–H groups in total. The predicted molar refractivity (Wildman–Crippen MR) is 135 cm³/mol. The number of hydrogen-bond donors (Lipinski definition) is 0. The Morgan fingerprint density at radius 1 is 1.21 bits per heavy atom. The minimum Gasteiger partial charge on any atom is -0.541 e. The van der Waals surface area contributed by atoms with E-state index in [0.717, 1.165) is 17.8 Å². The van der Waals surface area contributed by atoms with Gasteiger partial charge in [-0.3, -0.25) is 4.79 Å². The highest BCUT2D eigenvalue weighted by atomic mass is 28.3. The van der Waals surface area contributed by atoms with Crippen molar-refractivity contribution in [2.45, 2.75) is 51.2 Å². The molecule has 1 aliphatic rings. The lowest BCUT2D eigenvalue weighted by molar-refractivity contribution is -0.256. The van der Waals surface area contributed by atoms with Crippen molar-refractivity contribution >= 4 is 19.7 Å². The standard InChI is InChI=1S/C25H28F3N5O5Si/c1-39(2,3)11-10-37-15-33-23(34)21(25(26,27)28)18(12-30-33)32-13-16-6-4-5-7-17(16)19(32)14-38-20-8-9-29-22(31-20)24(35)36/h4-9,12,19H,10-11,13-15H2,1-3H3,(H,35,36)/p-1. The Bertz CT molecular complexity index is 1410. The number of carboxylic acids is 1. The van der Waals surface area contributed by atoms with Crippen LogP contribution in [0.1, 0.15) is 33.4 Å². The summed E-state index contributed by atoms with van der Waals surface area (Å²) in [7, 11) is -1.43. The van der Waals surface area contributed by atoms with Gasteiger partial charge < -0.3 is 24.3 Å². The molecule has 1 unspecified atom stereocenters. The van der Waals surface area contributed by atoms with Gasteiger partial charge in [0, 0.05) is 33.5 Å². The second-order valence-electron chi connectivity index (χ2n) is 10.2. The SMILES string of the molecule is C[Si](C)(C)CCOCn1ncc(N2Cc3ccccc3C2COc2ccnc(C(=O)[O-])n2)c(C(F)(F)F)c1=O. The first-order valence-corrected chi connectivity index (χ1v) is 15.8. The third-order valence-electron chi connectivity index (χ3n) is 6.16. The second kappa shape index (κ2) is 11.1. The van der Waals surface area contributed by atoms with Gasteiger partial charge in [0.15, 0.2) is 5.82 Å². The van der Waals surface area contributed by atoms with Crippen molar-refractivity contribution in [3.63, 3.8) is 0 Å². The molecule has 39 heavy (non-hydrogen) atoms. The average molecular weight is 563 g/mol. The highest BCUT2D eigenvalue weighted by Gasteiger charge is 2.42. The van der Waals surface area contributed by atoms with Crippen LogP contribution in [-0.2, 0) is 24.2 Å². The van der Waals surface area contributed by atoms with E-state index in [0.29, 0.717) is 16.9 Å². The largest absolute Gasteiger partial charge is 0.541 e. The van der Waals surface area contributed by atoms with Gasteiger partial charge in [-0.1, -0.05) is 43.9 Å². The number of carboxylic acid groups (broad SMARTS) is 1. The van der Waals surface area contributed by atoms with Crippen LogP contribution < -0.4 is 20.3 Å². The fourth-order valence-corrected chi connectivity index (χ4v) is 4.93. The number of benzene rings is 1. The van der Waals surface area contributed by atoms with E-state index < -0.39 is 55.6 Å². The van der Waals surface area contributed by atoms with Gasteiger partial charge in [0.05, 0.1) is 17.9 Å². The second-order valence-corrected chi connectivity index (χ2v) is 15.8. The van der Waals surface area contributed by atoms with Gasteiger partial charge in [-0.25, -0.2) is 9.67 Å². The highest BCUT2D eigenvalue weighted by molar-refractivity contribution is 6.76. The fraction of sp³-hybridized carbons (Fsp3) is 0.400. The number of fused-ring (bicyclic) bond motifs is 1. The molecule has 1 atom stereocenters. The van der Waals surface area contributed by atoms with Gasteiger partial charge in [0.2, 0.25) is 5.88 Å². The van der Waals surface area contributed by atoms with Gasteiger partial charge in [0.1, 0.15) is 24.9 Å². The first-order chi connectivity index (χ1) is 18.3. The van der Waals surface area contributed by atoms with Crippen LogP contribution in [-0.4, -0.2) is 47.0 Å². The molecule has 0 saturated carbocycles. The number of carbonyl (C=O) groups excluding carboxylic acids is 1. The van der Waals surface area contributed by atoms with Gasteiger partial charge in [-0.05, 0) is 17.2 Å². The van der Waals surface area contributed by atoms with E-state index in [1.165, 1.54) is 17.2 Å². The van der Waals surface area contributed by atoms with Crippen LogP contribution in [0.4, 0.5) is 18.9 Å². The molecule has 0 fully saturated rings. The van der Waals surface area contributed by atoms with Crippen molar-refractivity contribution in [1.82, 2.24) is 19.7 Å². The zero-order chi connectivity index (χ0) is 28.4. The van der Waals surface area contributed by atoms with Crippen molar-refractivity contribution in [2.75, 3.05) is 18.1 Å². The molecule has 0 spiro atoms. The van der Waals surface area contributed by atoms with Crippen molar-refractivity contribution in [1.29, 1.82) is 0 Å². The third-order valence-corrected chi connectivity index (χ3v) is 7.86. The Morgan fingerprint density at radius 2 is 1.95 bits per heavy atom. The Kier molecular flexibility index (Phi) is 8.06. The molecule has 0 radical (unpaired) electrons. The fourth-order valence-electron chi connectivity index (χ4n) is 4.17. The molecule has 1 aromatic carbocycles. The summed E-state index contributed by atoms with van der Waals surface area (Å²) < 4.78 is 54.7. The lowest BCUT2D eigenvalue weighted by Crippen LogP contribution is -2.36. The average Bonchev–Trinajstić information content (AvgIpc) is 3.23. The highest BCUT2D eigenvalue weighted by Crippen LogP contribution is 2.42. The predicted octanol–water partition coefficient (Wildman–Crippen LogP) is 2.87. The van der Waals surface area contributed by atoms with Crippen molar-refractivity contribution in [3.05, 3.63) is 75.6 Å². The maximum Gasteiger partial charge on any atom is 0.423 e. The molecule has 0 amide bonds. The summed E-state index contributed by atoms with van der Waals surface area (Å²) in [5.74, 6) is -2.27. The summed E-state index contributed by atoms with van der Waals surface area (Å²) in [6.07, 6.45) is -2.78. The van der Waals surface area contributed by atoms with Gasteiger partial charge >= 0.3 is 6.18 Å². The van der Waals surface area contributed by atoms with Crippen molar-refractivity contribution in [3.8, 4) is 5.88 Å². The molecule has 4 rings (SSSR count). The zero-order valence-electron chi connectivity index (χ0n) is 21.6. The Hall–Kier alpha value is -3.78. The minimum atomic E-state index is -4.97. The zero-order valence-corrected chi connectivity index (χ0v) is 22.6. The van der Waals surface area contributed by atoms with Crippen molar-refractivity contribution in [2.24, 2.45) is 0 Å². The number of halogens is 3. The van der Waals surface area contributed by atoms with Gasteiger partial charge in [0.25, 0.3) is 5.56 Å². The van der Waals surface area contributed by atoms with E-state index in [1.807, 2.05) is 0 Å². The van der Waals surface area contributed by atoms with Crippen LogP contribution in [0.3, 0.4) is 0 Å². The molecule has 0 aliphatic carbocycles. The molecule has 10 nitrogen and oxygen atoms in total. The summed E-state index contributed by atoms with van der Waals surface area (Å²) in [5, 5.41) is 15.1. The summed E-state index contributed by atoms with van der Waals surface area (Å²) >= 11 is 0. The van der Waals surface area contributed by atoms with E-state index >= 15 is 0 Å². The molecule has 3 heterocycles. The third kappa shape index (κ3) is 6.62. The monoisotopic (exact) mass is 562 g/mol. The number of anilines is 1. The smallest absolute Gasteiger partial charge is 0.423 e. The van der Waals surface area contributed by atoms with Crippen LogP contribution >= 0.6 is 0 Å². The number of aromatic carboxylic acids is 1. The van der Waals surface area contributed by atoms with Crippen LogP contribution in [0.15, 0.2) is 47.5 Å². The number of carbonyl (C=O) groups is 1. The summed E-state index contributed by atoms with van der Waals surface area (Å²) in [6.45, 7) is 6.21. The Balaban J connectivity index is 1.65. The normalized spacial score (nSPS) is 15.3. The Labute approximate surface area is 223 Å². The van der Waals surface area contributed by atoms with Gasteiger partial charge in [-0.2, -0.15) is 23.3 Å². The van der Waals surface area contributed by atoms with Crippen LogP contribution in [0.25, 0.3) is 0 Å². The first-order valence-electron chi connectivity index (χ1n) is 12.1. The van der Waals surface area contributed by atoms with E-state index in [-0.39, 0.29) is 19.0 Å². The van der Waals surface area contributed by atoms with E-state index in [1.54, 1.807) is 24.3 Å². The summed E-state index contributed by atoms with van der Waals surface area (Å²) in [4.78, 5) is 32.8. The number of hydrogen-bond acceptors (Lipinski definition) is 9. The summed E-state index contributed by atoms with van der Waals surface area (Å²) in [5.41, 5.74) is -1.62. The maximum absolute atomic E-state index is 14.3. The Morgan fingerprint density at radius 3 is 2.64 bits per heavy atom. The minimum absolute atomic E-state index is 0.0686. The molecule has 0 saturated heterocycles. The number of ether oxygens (including phenoxy) is 2. The molecule has 0 bridgehead atoms. The molecule has 208 valence electrons. The molecule has 14 heteroatoms. The van der Waals surface area contributed by atoms with E-state index in [4.69, 9.17) is 9.47 Å². The molecule has 1 aliphatic heterocycles.